The number of hydrogen-bond acceptors (Lipinski definition) is 1. The SMILES string of the molecule is NCCCC12C=CC(CC1)C2. The van der Waals surface area contributed by atoms with Crippen LogP contribution >= 0.6 is 0 Å². The highest BCUT2D eigenvalue weighted by Gasteiger charge is 2.39. The summed E-state index contributed by atoms with van der Waals surface area (Å²) in [7, 11) is 0. The highest BCUT2D eigenvalue weighted by Crippen LogP contribution is 2.51. The smallest absolute Gasteiger partial charge is 0.00770 e. The van der Waals surface area contributed by atoms with Gasteiger partial charge in [0, 0.05) is 0 Å². The summed E-state index contributed by atoms with van der Waals surface area (Å²) in [5, 5.41) is 0. The van der Waals surface area contributed by atoms with Crippen LogP contribution in [-0.2, 0) is 0 Å². The van der Waals surface area contributed by atoms with Crippen LogP contribution in [0.4, 0.5) is 0 Å². The maximum Gasteiger partial charge on any atom is -0.00770 e. The van der Waals surface area contributed by atoms with Gasteiger partial charge in [-0.15, -0.1) is 0 Å². The first-order valence-electron chi connectivity index (χ1n) is 4.74. The summed E-state index contributed by atoms with van der Waals surface area (Å²) < 4.78 is 0. The molecule has 1 heteroatoms. The summed E-state index contributed by atoms with van der Waals surface area (Å²) >= 11 is 0. The molecule has 0 heterocycles. The predicted molar refractivity (Wildman–Crippen MR) is 47.2 cm³/mol. The van der Waals surface area contributed by atoms with E-state index in [2.05, 4.69) is 12.2 Å². The van der Waals surface area contributed by atoms with Crippen molar-refractivity contribution < 1.29 is 0 Å². The largest absolute Gasteiger partial charge is 0.330 e. The van der Waals surface area contributed by atoms with E-state index < -0.39 is 0 Å². The second-order valence-corrected chi connectivity index (χ2v) is 4.12. The van der Waals surface area contributed by atoms with Gasteiger partial charge < -0.3 is 5.73 Å². The van der Waals surface area contributed by atoms with Crippen LogP contribution in [0.3, 0.4) is 0 Å². The Morgan fingerprint density at radius 1 is 1.55 bits per heavy atom. The average Bonchev–Trinajstić information content (AvgIpc) is 2.60. The maximum absolute atomic E-state index is 5.51. The van der Waals surface area contributed by atoms with E-state index in [0.717, 1.165) is 12.5 Å². The lowest BCUT2D eigenvalue weighted by molar-refractivity contribution is 0.361. The van der Waals surface area contributed by atoms with E-state index in [4.69, 9.17) is 5.73 Å². The molecule has 2 unspecified atom stereocenters. The van der Waals surface area contributed by atoms with Gasteiger partial charge in [-0.05, 0) is 50.0 Å². The van der Waals surface area contributed by atoms with Gasteiger partial charge >= 0.3 is 0 Å². The monoisotopic (exact) mass is 151 g/mol. The molecule has 0 saturated heterocycles. The Labute approximate surface area is 68.7 Å². The zero-order valence-corrected chi connectivity index (χ0v) is 7.05. The van der Waals surface area contributed by atoms with Crippen LogP contribution in [0, 0.1) is 11.3 Å². The Balaban J connectivity index is 1.95. The number of rotatable bonds is 3. The third kappa shape index (κ3) is 1.22. The average molecular weight is 151 g/mol. The Hall–Kier alpha value is -0.300. The van der Waals surface area contributed by atoms with Gasteiger partial charge in [0.05, 0.1) is 0 Å². The zero-order chi connectivity index (χ0) is 7.73. The first-order valence-corrected chi connectivity index (χ1v) is 4.74. The second-order valence-electron chi connectivity index (χ2n) is 4.12. The van der Waals surface area contributed by atoms with Crippen molar-refractivity contribution in [2.24, 2.45) is 17.1 Å². The van der Waals surface area contributed by atoms with Crippen LogP contribution in [0.1, 0.15) is 32.1 Å². The molecule has 0 aliphatic heterocycles. The summed E-state index contributed by atoms with van der Waals surface area (Å²) in [5.41, 5.74) is 6.11. The van der Waals surface area contributed by atoms with E-state index in [1.807, 2.05) is 0 Å². The molecule has 0 aromatic carbocycles. The van der Waals surface area contributed by atoms with Crippen LogP contribution in [0.15, 0.2) is 12.2 Å². The van der Waals surface area contributed by atoms with E-state index in [9.17, 15) is 0 Å². The van der Waals surface area contributed by atoms with Gasteiger partial charge in [-0.25, -0.2) is 0 Å². The van der Waals surface area contributed by atoms with E-state index in [1.54, 1.807) is 0 Å². The third-order valence-electron chi connectivity index (χ3n) is 3.28. The van der Waals surface area contributed by atoms with Crippen molar-refractivity contribution in [1.82, 2.24) is 0 Å². The van der Waals surface area contributed by atoms with E-state index in [0.29, 0.717) is 5.41 Å². The second kappa shape index (κ2) is 2.63. The fourth-order valence-corrected chi connectivity index (χ4v) is 2.62. The zero-order valence-electron chi connectivity index (χ0n) is 7.05. The molecule has 2 aliphatic rings. The fourth-order valence-electron chi connectivity index (χ4n) is 2.62. The molecule has 11 heavy (non-hydrogen) atoms. The van der Waals surface area contributed by atoms with Gasteiger partial charge in [0.1, 0.15) is 0 Å². The molecule has 2 atom stereocenters. The topological polar surface area (TPSA) is 26.0 Å². The minimum absolute atomic E-state index is 0.601. The Morgan fingerprint density at radius 3 is 2.91 bits per heavy atom. The normalized spacial score (nSPS) is 40.3. The van der Waals surface area contributed by atoms with Gasteiger partial charge in [-0.2, -0.15) is 0 Å². The number of hydrogen-bond donors (Lipinski definition) is 1. The molecule has 0 radical (unpaired) electrons. The molecule has 0 aromatic heterocycles. The lowest BCUT2D eigenvalue weighted by atomic mass is 9.83. The van der Waals surface area contributed by atoms with Crippen LogP contribution < -0.4 is 5.73 Å². The van der Waals surface area contributed by atoms with Crippen LogP contribution in [0.25, 0.3) is 0 Å². The van der Waals surface area contributed by atoms with Crippen molar-refractivity contribution in [3.05, 3.63) is 12.2 Å². The molecule has 1 fully saturated rings. The van der Waals surface area contributed by atoms with Crippen molar-refractivity contribution >= 4 is 0 Å². The third-order valence-corrected chi connectivity index (χ3v) is 3.28. The molecule has 1 nitrogen and oxygen atoms in total. The van der Waals surface area contributed by atoms with Crippen molar-refractivity contribution in [3.63, 3.8) is 0 Å². The summed E-state index contributed by atoms with van der Waals surface area (Å²) in [6.07, 6.45) is 11.7. The van der Waals surface area contributed by atoms with Gasteiger partial charge in [-0.1, -0.05) is 12.2 Å². The van der Waals surface area contributed by atoms with Gasteiger partial charge in [0.25, 0.3) is 0 Å². The van der Waals surface area contributed by atoms with E-state index in [-0.39, 0.29) is 0 Å². The predicted octanol–water partition coefficient (Wildman–Crippen LogP) is 2.08. The van der Waals surface area contributed by atoms with Gasteiger partial charge in [0.15, 0.2) is 0 Å². The Kier molecular flexibility index (Phi) is 1.76. The summed E-state index contributed by atoms with van der Waals surface area (Å²) in [5.74, 6) is 0.924. The number of fused-ring (bicyclic) bond motifs is 2. The van der Waals surface area contributed by atoms with Crippen LogP contribution in [-0.4, -0.2) is 6.54 Å². The quantitative estimate of drug-likeness (QED) is 0.614. The molecular weight excluding hydrogens is 134 g/mol. The van der Waals surface area contributed by atoms with Crippen molar-refractivity contribution in [3.8, 4) is 0 Å². The Bertz CT molecular complexity index is 174. The molecule has 2 bridgehead atoms. The van der Waals surface area contributed by atoms with Crippen molar-refractivity contribution in [2.75, 3.05) is 6.54 Å². The molecule has 0 spiro atoms. The standard InChI is InChI=1S/C10H17N/c11-7-1-4-10-5-2-9(8-10)3-6-10/h2,5,9H,1,3-4,6-8,11H2. The molecule has 2 rings (SSSR count). The lowest BCUT2D eigenvalue weighted by Gasteiger charge is -2.22. The fraction of sp³-hybridized carbons (Fsp3) is 0.800. The molecule has 0 amide bonds. The van der Waals surface area contributed by atoms with Crippen LogP contribution in [0.5, 0.6) is 0 Å². The maximum atomic E-state index is 5.51. The lowest BCUT2D eigenvalue weighted by Crippen LogP contribution is -2.13. The molecule has 2 aliphatic carbocycles. The first kappa shape index (κ1) is 7.35. The molecule has 0 aromatic rings. The minimum atomic E-state index is 0.601. The summed E-state index contributed by atoms with van der Waals surface area (Å²) in [6, 6.07) is 0. The molecule has 2 N–H and O–H groups in total. The summed E-state index contributed by atoms with van der Waals surface area (Å²) in [4.78, 5) is 0. The van der Waals surface area contributed by atoms with E-state index in [1.165, 1.54) is 32.1 Å². The minimum Gasteiger partial charge on any atom is -0.330 e. The Morgan fingerprint density at radius 2 is 2.45 bits per heavy atom. The van der Waals surface area contributed by atoms with Gasteiger partial charge in [-0.3, -0.25) is 0 Å². The highest BCUT2D eigenvalue weighted by molar-refractivity contribution is 5.15. The molecule has 1 saturated carbocycles. The van der Waals surface area contributed by atoms with E-state index >= 15 is 0 Å². The van der Waals surface area contributed by atoms with Gasteiger partial charge in [0.2, 0.25) is 0 Å². The van der Waals surface area contributed by atoms with Crippen LogP contribution in [0.2, 0.25) is 0 Å². The number of nitrogens with two attached hydrogens (primary N) is 1. The highest BCUT2D eigenvalue weighted by atomic mass is 14.5. The first-order chi connectivity index (χ1) is 5.35. The number of allylic oxidation sites excluding steroid dienone is 2. The summed E-state index contributed by atoms with van der Waals surface area (Å²) in [6.45, 7) is 0.861. The van der Waals surface area contributed by atoms with Crippen molar-refractivity contribution in [2.45, 2.75) is 32.1 Å². The molecule has 62 valence electrons. The van der Waals surface area contributed by atoms with Crippen molar-refractivity contribution in [1.29, 1.82) is 0 Å². The molecular formula is C10H17N.